The Morgan fingerprint density at radius 1 is 1.16 bits per heavy atom. The van der Waals surface area contributed by atoms with Gasteiger partial charge in [0.1, 0.15) is 5.75 Å². The molecule has 0 atom stereocenters. The van der Waals surface area contributed by atoms with Crippen LogP contribution in [0, 0.1) is 6.92 Å². The number of hydrogen-bond donors (Lipinski definition) is 2. The fourth-order valence-corrected chi connectivity index (χ4v) is 1.66. The molecule has 1 amide bonds. The van der Waals surface area contributed by atoms with E-state index in [0.717, 1.165) is 11.1 Å². The van der Waals surface area contributed by atoms with E-state index in [0.29, 0.717) is 5.69 Å². The number of phenols is 1. The summed E-state index contributed by atoms with van der Waals surface area (Å²) in [6, 6.07) is 14.7. The topological polar surface area (TPSA) is 49.3 Å². The molecule has 3 nitrogen and oxygen atoms in total. The van der Waals surface area contributed by atoms with Crippen molar-refractivity contribution in [2.45, 2.75) is 6.92 Å². The molecule has 0 saturated heterocycles. The number of aryl methyl sites for hydroxylation is 1. The summed E-state index contributed by atoms with van der Waals surface area (Å²) in [5, 5.41) is 12.3. The zero-order chi connectivity index (χ0) is 13.7. The molecule has 0 aliphatic carbocycles. The lowest BCUT2D eigenvalue weighted by atomic mass is 10.2. The number of amides is 1. The Morgan fingerprint density at radius 3 is 2.58 bits per heavy atom. The molecule has 0 radical (unpaired) electrons. The fourth-order valence-electron chi connectivity index (χ4n) is 1.66. The highest BCUT2D eigenvalue weighted by molar-refractivity contribution is 6.02. The number of phenolic OH excluding ortho intramolecular Hbond substituents is 1. The van der Waals surface area contributed by atoms with Crippen LogP contribution in [0.4, 0.5) is 5.69 Å². The van der Waals surface area contributed by atoms with Crippen molar-refractivity contribution in [1.82, 2.24) is 0 Å². The summed E-state index contributed by atoms with van der Waals surface area (Å²) in [5.41, 5.74) is 2.30. The van der Waals surface area contributed by atoms with Gasteiger partial charge in [0.15, 0.2) is 0 Å². The van der Waals surface area contributed by atoms with Crippen molar-refractivity contribution in [2.24, 2.45) is 0 Å². The van der Waals surface area contributed by atoms with E-state index in [1.165, 1.54) is 6.08 Å². The third-order valence-electron chi connectivity index (χ3n) is 2.64. The smallest absolute Gasteiger partial charge is 0.248 e. The van der Waals surface area contributed by atoms with Gasteiger partial charge >= 0.3 is 0 Å². The van der Waals surface area contributed by atoms with Gasteiger partial charge < -0.3 is 10.4 Å². The lowest BCUT2D eigenvalue weighted by Crippen LogP contribution is -2.07. The van der Waals surface area contributed by atoms with Gasteiger partial charge in [-0.2, -0.15) is 0 Å². The molecule has 0 aliphatic heterocycles. The minimum absolute atomic E-state index is 0.0708. The lowest BCUT2D eigenvalue weighted by molar-refractivity contribution is -0.111. The van der Waals surface area contributed by atoms with Crippen LogP contribution in [0.5, 0.6) is 5.75 Å². The largest absolute Gasteiger partial charge is 0.506 e. The van der Waals surface area contributed by atoms with Crippen LogP contribution in [0.1, 0.15) is 11.1 Å². The summed E-state index contributed by atoms with van der Waals surface area (Å²) in [7, 11) is 0. The second-order valence-corrected chi connectivity index (χ2v) is 4.25. The number of benzene rings is 2. The SMILES string of the molecule is Cc1ccc(NC(=O)/C=C\c2ccccc2)c(O)c1. The second-order valence-electron chi connectivity index (χ2n) is 4.25. The minimum Gasteiger partial charge on any atom is -0.506 e. The van der Waals surface area contributed by atoms with Crippen LogP contribution in [0.25, 0.3) is 6.08 Å². The first-order valence-electron chi connectivity index (χ1n) is 5.99. The van der Waals surface area contributed by atoms with E-state index in [2.05, 4.69) is 5.32 Å². The Bertz CT molecular complexity index is 603. The van der Waals surface area contributed by atoms with Crippen molar-refractivity contribution in [1.29, 1.82) is 0 Å². The van der Waals surface area contributed by atoms with Crippen LogP contribution in [0.2, 0.25) is 0 Å². The Kier molecular flexibility index (Phi) is 3.98. The summed E-state index contributed by atoms with van der Waals surface area (Å²) in [6.45, 7) is 1.88. The van der Waals surface area contributed by atoms with Crippen molar-refractivity contribution >= 4 is 17.7 Å². The molecule has 0 saturated carbocycles. The number of carbonyl (C=O) groups is 1. The van der Waals surface area contributed by atoms with Gasteiger partial charge in [-0.25, -0.2) is 0 Å². The van der Waals surface area contributed by atoms with Crippen LogP contribution in [0.3, 0.4) is 0 Å². The Labute approximate surface area is 112 Å². The zero-order valence-electron chi connectivity index (χ0n) is 10.6. The van der Waals surface area contributed by atoms with E-state index in [9.17, 15) is 9.90 Å². The molecular weight excluding hydrogens is 238 g/mol. The second kappa shape index (κ2) is 5.87. The summed E-state index contributed by atoms with van der Waals surface area (Å²) in [4.78, 5) is 11.7. The van der Waals surface area contributed by atoms with Crippen LogP contribution in [0.15, 0.2) is 54.6 Å². The van der Waals surface area contributed by atoms with E-state index >= 15 is 0 Å². The van der Waals surface area contributed by atoms with Gasteiger partial charge in [-0.05, 0) is 36.3 Å². The Balaban J connectivity index is 2.04. The molecule has 2 aromatic carbocycles. The lowest BCUT2D eigenvalue weighted by Gasteiger charge is -2.05. The van der Waals surface area contributed by atoms with E-state index in [4.69, 9.17) is 0 Å². The molecule has 96 valence electrons. The Morgan fingerprint density at radius 2 is 1.89 bits per heavy atom. The number of aromatic hydroxyl groups is 1. The van der Waals surface area contributed by atoms with Crippen molar-refractivity contribution in [3.8, 4) is 5.75 Å². The molecule has 0 bridgehead atoms. The number of carbonyl (C=O) groups excluding carboxylic acids is 1. The van der Waals surface area contributed by atoms with Gasteiger partial charge in [0.05, 0.1) is 5.69 Å². The molecular formula is C16H15NO2. The van der Waals surface area contributed by atoms with E-state index < -0.39 is 0 Å². The standard InChI is InChI=1S/C16H15NO2/c1-12-7-9-14(15(18)11-12)17-16(19)10-8-13-5-3-2-4-6-13/h2-11,18H,1H3,(H,17,19)/b10-8-. The van der Waals surface area contributed by atoms with Gasteiger partial charge in [-0.3, -0.25) is 4.79 Å². The van der Waals surface area contributed by atoms with Crippen LogP contribution in [-0.4, -0.2) is 11.0 Å². The minimum atomic E-state index is -0.275. The van der Waals surface area contributed by atoms with Gasteiger partial charge in [0.2, 0.25) is 5.91 Å². The molecule has 0 aromatic heterocycles. The van der Waals surface area contributed by atoms with Crippen LogP contribution >= 0.6 is 0 Å². The highest BCUT2D eigenvalue weighted by atomic mass is 16.3. The summed E-state index contributed by atoms with van der Waals surface area (Å²) >= 11 is 0. The summed E-state index contributed by atoms with van der Waals surface area (Å²) in [6.07, 6.45) is 3.16. The predicted octanol–water partition coefficient (Wildman–Crippen LogP) is 3.35. The summed E-state index contributed by atoms with van der Waals surface area (Å²) in [5.74, 6) is -0.204. The van der Waals surface area contributed by atoms with Gasteiger partial charge in [-0.15, -0.1) is 0 Å². The highest BCUT2D eigenvalue weighted by Gasteiger charge is 2.03. The monoisotopic (exact) mass is 253 g/mol. The van der Waals surface area contributed by atoms with Crippen molar-refractivity contribution in [3.63, 3.8) is 0 Å². The van der Waals surface area contributed by atoms with Gasteiger partial charge in [0.25, 0.3) is 0 Å². The van der Waals surface area contributed by atoms with E-state index in [1.54, 1.807) is 18.2 Å². The first kappa shape index (κ1) is 12.9. The average Bonchev–Trinajstić information content (AvgIpc) is 2.41. The molecule has 19 heavy (non-hydrogen) atoms. The predicted molar refractivity (Wildman–Crippen MR) is 76.9 cm³/mol. The molecule has 3 heteroatoms. The molecule has 0 fully saturated rings. The maximum Gasteiger partial charge on any atom is 0.248 e. The molecule has 2 aromatic rings. The molecule has 2 rings (SSSR count). The van der Waals surface area contributed by atoms with Gasteiger partial charge in [-0.1, -0.05) is 36.4 Å². The number of anilines is 1. The van der Waals surface area contributed by atoms with E-state index in [-0.39, 0.29) is 11.7 Å². The van der Waals surface area contributed by atoms with Crippen molar-refractivity contribution < 1.29 is 9.90 Å². The number of rotatable bonds is 3. The number of nitrogens with one attached hydrogen (secondary N) is 1. The van der Waals surface area contributed by atoms with Crippen LogP contribution in [-0.2, 0) is 4.79 Å². The number of hydrogen-bond acceptors (Lipinski definition) is 2. The third-order valence-corrected chi connectivity index (χ3v) is 2.64. The molecule has 2 N–H and O–H groups in total. The van der Waals surface area contributed by atoms with Crippen LogP contribution < -0.4 is 5.32 Å². The average molecular weight is 253 g/mol. The van der Waals surface area contributed by atoms with E-state index in [1.807, 2.05) is 43.3 Å². The molecule has 0 unspecified atom stereocenters. The highest BCUT2D eigenvalue weighted by Crippen LogP contribution is 2.23. The normalized spacial score (nSPS) is 10.6. The van der Waals surface area contributed by atoms with Gasteiger partial charge in [0, 0.05) is 6.08 Å². The fraction of sp³-hybridized carbons (Fsp3) is 0.0625. The third kappa shape index (κ3) is 3.71. The first-order chi connectivity index (χ1) is 9.15. The molecule has 0 aliphatic rings. The molecule has 0 heterocycles. The first-order valence-corrected chi connectivity index (χ1v) is 5.99. The van der Waals surface area contributed by atoms with Crippen molar-refractivity contribution in [3.05, 3.63) is 65.7 Å². The maximum atomic E-state index is 11.7. The zero-order valence-corrected chi connectivity index (χ0v) is 10.6. The molecule has 0 spiro atoms. The Hall–Kier alpha value is -2.55. The maximum absolute atomic E-state index is 11.7. The summed E-state index contributed by atoms with van der Waals surface area (Å²) < 4.78 is 0. The van der Waals surface area contributed by atoms with Crippen molar-refractivity contribution in [2.75, 3.05) is 5.32 Å². The quantitative estimate of drug-likeness (QED) is 0.651.